The molecule has 0 unspecified atom stereocenters. The van der Waals surface area contributed by atoms with Crippen molar-refractivity contribution in [2.45, 2.75) is 32.1 Å². The Morgan fingerprint density at radius 2 is 2.47 bits per heavy atom. The molecule has 3 rings (SSSR count). The van der Waals surface area contributed by atoms with Gasteiger partial charge in [-0.1, -0.05) is 0 Å². The van der Waals surface area contributed by atoms with Crippen LogP contribution in [-0.4, -0.2) is 39.7 Å². The SMILES string of the molecule is Cc1ncsc1CCN1CCC[C@H](c2ccn[nH]2)C1. The van der Waals surface area contributed by atoms with Gasteiger partial charge in [0.05, 0.1) is 11.2 Å². The minimum Gasteiger partial charge on any atom is -0.302 e. The fourth-order valence-corrected chi connectivity index (χ4v) is 3.60. The van der Waals surface area contributed by atoms with Crippen LogP contribution in [0, 0.1) is 6.92 Å². The summed E-state index contributed by atoms with van der Waals surface area (Å²) < 4.78 is 0. The van der Waals surface area contributed by atoms with Crippen LogP contribution in [0.5, 0.6) is 0 Å². The monoisotopic (exact) mass is 276 g/mol. The molecule has 0 aromatic carbocycles. The maximum absolute atomic E-state index is 4.32. The van der Waals surface area contributed by atoms with Crippen LogP contribution >= 0.6 is 11.3 Å². The molecule has 5 heteroatoms. The number of H-pyrrole nitrogens is 1. The lowest BCUT2D eigenvalue weighted by molar-refractivity contribution is 0.208. The number of piperidine rings is 1. The van der Waals surface area contributed by atoms with Crippen molar-refractivity contribution in [2.24, 2.45) is 0 Å². The Labute approximate surface area is 117 Å². The molecule has 102 valence electrons. The summed E-state index contributed by atoms with van der Waals surface area (Å²) in [6.07, 6.45) is 5.55. The van der Waals surface area contributed by atoms with Crippen molar-refractivity contribution in [1.82, 2.24) is 20.1 Å². The van der Waals surface area contributed by atoms with E-state index in [1.165, 1.54) is 35.7 Å². The minimum absolute atomic E-state index is 0.624. The molecule has 0 amide bonds. The van der Waals surface area contributed by atoms with Crippen molar-refractivity contribution < 1.29 is 0 Å². The van der Waals surface area contributed by atoms with Crippen molar-refractivity contribution in [2.75, 3.05) is 19.6 Å². The smallest absolute Gasteiger partial charge is 0.0797 e. The molecular formula is C14H20N4S. The zero-order valence-corrected chi connectivity index (χ0v) is 12.1. The molecule has 1 aliphatic rings. The Bertz CT molecular complexity index is 505. The van der Waals surface area contributed by atoms with Crippen LogP contribution in [0.15, 0.2) is 17.8 Å². The van der Waals surface area contributed by atoms with Gasteiger partial charge in [0.2, 0.25) is 0 Å². The van der Waals surface area contributed by atoms with Crippen LogP contribution in [0.3, 0.4) is 0 Å². The van der Waals surface area contributed by atoms with Crippen LogP contribution < -0.4 is 0 Å². The molecule has 0 saturated carbocycles. The second-order valence-electron chi connectivity index (χ2n) is 5.26. The van der Waals surface area contributed by atoms with Crippen molar-refractivity contribution >= 4 is 11.3 Å². The van der Waals surface area contributed by atoms with Gasteiger partial charge >= 0.3 is 0 Å². The fraction of sp³-hybridized carbons (Fsp3) is 0.571. The summed E-state index contributed by atoms with van der Waals surface area (Å²) >= 11 is 1.78. The number of likely N-dealkylation sites (tertiary alicyclic amines) is 1. The molecule has 1 aliphatic heterocycles. The predicted molar refractivity (Wildman–Crippen MR) is 77.6 cm³/mol. The number of aromatic amines is 1. The zero-order valence-electron chi connectivity index (χ0n) is 11.3. The third kappa shape index (κ3) is 3.04. The first kappa shape index (κ1) is 12.8. The van der Waals surface area contributed by atoms with E-state index in [4.69, 9.17) is 0 Å². The summed E-state index contributed by atoms with van der Waals surface area (Å²) in [7, 11) is 0. The number of rotatable bonds is 4. The molecule has 0 spiro atoms. The summed E-state index contributed by atoms with van der Waals surface area (Å²) in [4.78, 5) is 8.33. The molecule has 3 heterocycles. The van der Waals surface area contributed by atoms with E-state index >= 15 is 0 Å². The average Bonchev–Trinajstić information content (AvgIpc) is 3.08. The van der Waals surface area contributed by atoms with Gasteiger partial charge in [0.15, 0.2) is 0 Å². The molecule has 1 saturated heterocycles. The van der Waals surface area contributed by atoms with Gasteiger partial charge in [-0.05, 0) is 38.8 Å². The quantitative estimate of drug-likeness (QED) is 0.933. The first-order chi connectivity index (χ1) is 9.33. The number of hydrogen-bond acceptors (Lipinski definition) is 4. The maximum Gasteiger partial charge on any atom is 0.0797 e. The van der Waals surface area contributed by atoms with E-state index in [1.807, 2.05) is 11.7 Å². The fourth-order valence-electron chi connectivity index (χ4n) is 2.83. The van der Waals surface area contributed by atoms with Crippen LogP contribution in [-0.2, 0) is 6.42 Å². The average molecular weight is 276 g/mol. The molecule has 4 nitrogen and oxygen atoms in total. The van der Waals surface area contributed by atoms with Crippen LogP contribution in [0.25, 0.3) is 0 Å². The van der Waals surface area contributed by atoms with E-state index in [0.29, 0.717) is 5.92 Å². The van der Waals surface area contributed by atoms with Crippen LogP contribution in [0.4, 0.5) is 0 Å². The van der Waals surface area contributed by atoms with Crippen LogP contribution in [0.1, 0.15) is 35.0 Å². The van der Waals surface area contributed by atoms with Crippen LogP contribution in [0.2, 0.25) is 0 Å². The molecule has 19 heavy (non-hydrogen) atoms. The van der Waals surface area contributed by atoms with E-state index in [2.05, 4.69) is 33.1 Å². The van der Waals surface area contributed by atoms with Crippen molar-refractivity contribution in [1.29, 1.82) is 0 Å². The first-order valence-corrected chi connectivity index (χ1v) is 7.81. The summed E-state index contributed by atoms with van der Waals surface area (Å²) in [6.45, 7) is 5.63. The second-order valence-corrected chi connectivity index (χ2v) is 6.20. The largest absolute Gasteiger partial charge is 0.302 e. The zero-order chi connectivity index (χ0) is 13.1. The van der Waals surface area contributed by atoms with Gasteiger partial charge in [0, 0.05) is 35.8 Å². The van der Waals surface area contributed by atoms with Gasteiger partial charge in [-0.3, -0.25) is 5.10 Å². The number of thiazole rings is 1. The standard InChI is InChI=1S/C14H20N4S/c1-11-14(19-10-15-11)5-8-18-7-2-3-12(9-18)13-4-6-16-17-13/h4,6,10,12H,2-3,5,7-9H2,1H3,(H,16,17)/t12-/m0/s1. The highest BCUT2D eigenvalue weighted by atomic mass is 32.1. The molecule has 1 N–H and O–H groups in total. The normalized spacial score (nSPS) is 20.8. The first-order valence-electron chi connectivity index (χ1n) is 6.93. The van der Waals surface area contributed by atoms with E-state index in [0.717, 1.165) is 19.5 Å². The summed E-state index contributed by atoms with van der Waals surface area (Å²) in [5.74, 6) is 0.624. The van der Waals surface area contributed by atoms with Crippen molar-refractivity contribution in [3.8, 4) is 0 Å². The lowest BCUT2D eigenvalue weighted by atomic mass is 9.95. The van der Waals surface area contributed by atoms with Gasteiger partial charge in [0.1, 0.15) is 0 Å². The van der Waals surface area contributed by atoms with Crippen molar-refractivity contribution in [3.63, 3.8) is 0 Å². The number of aromatic nitrogens is 3. The van der Waals surface area contributed by atoms with Crippen molar-refractivity contribution in [3.05, 3.63) is 34.0 Å². The van der Waals surface area contributed by atoms with E-state index < -0.39 is 0 Å². The molecule has 2 aromatic rings. The molecule has 1 fully saturated rings. The molecule has 0 radical (unpaired) electrons. The lowest BCUT2D eigenvalue weighted by Gasteiger charge is -2.32. The molecular weight excluding hydrogens is 256 g/mol. The Kier molecular flexibility index (Phi) is 3.94. The number of nitrogens with one attached hydrogen (secondary N) is 1. The summed E-state index contributed by atoms with van der Waals surface area (Å²) in [6, 6.07) is 2.11. The Hall–Kier alpha value is -1.20. The van der Waals surface area contributed by atoms with E-state index in [9.17, 15) is 0 Å². The number of nitrogens with zero attached hydrogens (tertiary/aromatic N) is 3. The highest BCUT2D eigenvalue weighted by Gasteiger charge is 2.22. The van der Waals surface area contributed by atoms with Gasteiger partial charge in [0.25, 0.3) is 0 Å². The summed E-state index contributed by atoms with van der Waals surface area (Å²) in [5, 5.41) is 7.19. The minimum atomic E-state index is 0.624. The van der Waals surface area contributed by atoms with Gasteiger partial charge in [-0.15, -0.1) is 11.3 Å². The molecule has 1 atom stereocenters. The third-order valence-electron chi connectivity index (χ3n) is 3.97. The van der Waals surface area contributed by atoms with Gasteiger partial charge < -0.3 is 4.90 Å². The van der Waals surface area contributed by atoms with Gasteiger partial charge in [-0.2, -0.15) is 5.10 Å². The maximum atomic E-state index is 4.32. The van der Waals surface area contributed by atoms with E-state index in [-0.39, 0.29) is 0 Å². The molecule has 2 aromatic heterocycles. The predicted octanol–water partition coefficient (Wildman–Crippen LogP) is 2.60. The Balaban J connectivity index is 1.55. The highest BCUT2D eigenvalue weighted by Crippen LogP contribution is 2.25. The summed E-state index contributed by atoms with van der Waals surface area (Å²) in [5.41, 5.74) is 4.44. The lowest BCUT2D eigenvalue weighted by Crippen LogP contribution is -2.35. The second kappa shape index (κ2) is 5.84. The number of hydrogen-bond donors (Lipinski definition) is 1. The Morgan fingerprint density at radius 1 is 1.53 bits per heavy atom. The number of aryl methyl sites for hydroxylation is 1. The topological polar surface area (TPSA) is 44.8 Å². The van der Waals surface area contributed by atoms with E-state index in [1.54, 1.807) is 11.3 Å². The highest BCUT2D eigenvalue weighted by molar-refractivity contribution is 7.09. The molecule has 0 bridgehead atoms. The van der Waals surface area contributed by atoms with Gasteiger partial charge in [-0.25, -0.2) is 4.98 Å². The Morgan fingerprint density at radius 3 is 3.21 bits per heavy atom. The third-order valence-corrected chi connectivity index (χ3v) is 4.96. The molecule has 0 aliphatic carbocycles.